The summed E-state index contributed by atoms with van der Waals surface area (Å²) in [7, 11) is -4.04. The molecule has 0 aromatic heterocycles. The predicted molar refractivity (Wildman–Crippen MR) is 137 cm³/mol. The Kier molecular flexibility index (Phi) is 6.09. The first-order valence-corrected chi connectivity index (χ1v) is 13.4. The Bertz CT molecular complexity index is 1190. The standard InChI is InChI=1S/C30H28O4S/c31-29(23-13-5-1-6-14-23,24-15-7-2-8-16-24)27-21-22-28(35(27,33)34)30(32,25-17-9-3-10-18-25)26-19-11-4-12-20-26/h1-20,27-28,31-32H,21-22H2/t27-,28+. The lowest BCUT2D eigenvalue weighted by atomic mass is 9.79. The lowest BCUT2D eigenvalue weighted by molar-refractivity contribution is 0.0718. The number of benzene rings is 4. The minimum Gasteiger partial charge on any atom is -0.379 e. The van der Waals surface area contributed by atoms with Gasteiger partial charge in [0.2, 0.25) is 0 Å². The van der Waals surface area contributed by atoms with E-state index in [2.05, 4.69) is 0 Å². The second kappa shape index (κ2) is 9.08. The first kappa shape index (κ1) is 23.5. The zero-order valence-electron chi connectivity index (χ0n) is 19.2. The van der Waals surface area contributed by atoms with Crippen molar-refractivity contribution in [2.45, 2.75) is 34.5 Å². The highest BCUT2D eigenvalue weighted by molar-refractivity contribution is 7.93. The van der Waals surface area contributed by atoms with E-state index in [1.54, 1.807) is 97.1 Å². The molecule has 1 heterocycles. The van der Waals surface area contributed by atoms with Crippen LogP contribution in [0.15, 0.2) is 121 Å². The van der Waals surface area contributed by atoms with Crippen molar-refractivity contribution in [1.29, 1.82) is 0 Å². The average molecular weight is 485 g/mol. The molecule has 1 aliphatic heterocycles. The summed E-state index contributed by atoms with van der Waals surface area (Å²) in [6.07, 6.45) is 0.435. The minimum absolute atomic E-state index is 0.218. The minimum atomic E-state index is -4.04. The fourth-order valence-electron chi connectivity index (χ4n) is 5.57. The van der Waals surface area contributed by atoms with E-state index in [1.807, 2.05) is 24.3 Å². The van der Waals surface area contributed by atoms with Crippen LogP contribution in [0, 0.1) is 0 Å². The molecule has 4 aromatic rings. The third-order valence-electron chi connectivity index (χ3n) is 7.27. The maximum Gasteiger partial charge on any atom is 0.163 e. The van der Waals surface area contributed by atoms with Gasteiger partial charge in [-0.15, -0.1) is 0 Å². The Morgan fingerprint density at radius 1 is 0.486 bits per heavy atom. The first-order valence-electron chi connectivity index (χ1n) is 11.8. The van der Waals surface area contributed by atoms with Crippen LogP contribution in [0.25, 0.3) is 0 Å². The van der Waals surface area contributed by atoms with E-state index in [1.165, 1.54) is 0 Å². The van der Waals surface area contributed by atoms with Crippen LogP contribution < -0.4 is 0 Å². The van der Waals surface area contributed by atoms with Crippen molar-refractivity contribution in [3.8, 4) is 0 Å². The number of hydrogen-bond acceptors (Lipinski definition) is 4. The Labute approximate surface area is 206 Å². The molecule has 0 spiro atoms. The number of rotatable bonds is 6. The zero-order valence-corrected chi connectivity index (χ0v) is 20.1. The maximum atomic E-state index is 14.4. The molecule has 4 aromatic carbocycles. The zero-order chi connectivity index (χ0) is 24.5. The summed E-state index contributed by atoms with van der Waals surface area (Å²) < 4.78 is 28.7. The van der Waals surface area contributed by atoms with Crippen molar-refractivity contribution in [2.24, 2.45) is 0 Å². The number of aliphatic hydroxyl groups is 2. The van der Waals surface area contributed by atoms with Crippen LogP contribution in [0.1, 0.15) is 35.1 Å². The van der Waals surface area contributed by atoms with Gasteiger partial charge in [0.05, 0.1) is 10.5 Å². The van der Waals surface area contributed by atoms with Crippen LogP contribution in [-0.2, 0) is 21.0 Å². The summed E-state index contributed by atoms with van der Waals surface area (Å²) in [6, 6.07) is 35.8. The molecule has 0 saturated carbocycles. The molecule has 1 saturated heterocycles. The van der Waals surface area contributed by atoms with E-state index < -0.39 is 31.5 Å². The van der Waals surface area contributed by atoms with Crippen LogP contribution >= 0.6 is 0 Å². The van der Waals surface area contributed by atoms with Gasteiger partial charge in [0.15, 0.2) is 9.84 Å². The van der Waals surface area contributed by atoms with Gasteiger partial charge in [-0.1, -0.05) is 121 Å². The normalized spacial score (nSPS) is 19.9. The van der Waals surface area contributed by atoms with Crippen LogP contribution in [-0.4, -0.2) is 29.1 Å². The van der Waals surface area contributed by atoms with Crippen LogP contribution in [0.4, 0.5) is 0 Å². The van der Waals surface area contributed by atoms with Gasteiger partial charge in [-0.3, -0.25) is 0 Å². The molecule has 2 N–H and O–H groups in total. The van der Waals surface area contributed by atoms with Gasteiger partial charge in [-0.05, 0) is 35.1 Å². The molecule has 5 heteroatoms. The third kappa shape index (κ3) is 3.80. The summed E-state index contributed by atoms with van der Waals surface area (Å²) in [5.74, 6) is 0. The lowest BCUT2D eigenvalue weighted by Crippen LogP contribution is -2.49. The highest BCUT2D eigenvalue weighted by Gasteiger charge is 2.60. The molecule has 2 atom stereocenters. The van der Waals surface area contributed by atoms with Gasteiger partial charge >= 0.3 is 0 Å². The van der Waals surface area contributed by atoms with E-state index in [-0.39, 0.29) is 12.8 Å². The molecule has 35 heavy (non-hydrogen) atoms. The lowest BCUT2D eigenvalue weighted by Gasteiger charge is -2.38. The molecule has 0 bridgehead atoms. The fourth-order valence-corrected chi connectivity index (χ4v) is 8.39. The molecular formula is C30H28O4S. The summed E-state index contributed by atoms with van der Waals surface area (Å²) in [6.45, 7) is 0. The van der Waals surface area contributed by atoms with Crippen molar-refractivity contribution in [3.05, 3.63) is 144 Å². The largest absolute Gasteiger partial charge is 0.379 e. The highest BCUT2D eigenvalue weighted by atomic mass is 32.2. The van der Waals surface area contributed by atoms with Crippen molar-refractivity contribution in [1.82, 2.24) is 0 Å². The second-order valence-corrected chi connectivity index (χ2v) is 11.5. The van der Waals surface area contributed by atoms with Crippen molar-refractivity contribution < 1.29 is 18.6 Å². The Hall–Kier alpha value is -3.25. The van der Waals surface area contributed by atoms with Gasteiger partial charge in [-0.2, -0.15) is 0 Å². The van der Waals surface area contributed by atoms with E-state index in [0.29, 0.717) is 22.3 Å². The quantitative estimate of drug-likeness (QED) is 0.412. The van der Waals surface area contributed by atoms with E-state index >= 15 is 0 Å². The molecular weight excluding hydrogens is 456 g/mol. The third-order valence-corrected chi connectivity index (χ3v) is 10.0. The Balaban J connectivity index is 1.68. The molecule has 5 rings (SSSR count). The summed E-state index contributed by atoms with van der Waals surface area (Å²) >= 11 is 0. The van der Waals surface area contributed by atoms with E-state index in [4.69, 9.17) is 0 Å². The first-order chi connectivity index (χ1) is 16.9. The maximum absolute atomic E-state index is 14.4. The van der Waals surface area contributed by atoms with Gasteiger partial charge < -0.3 is 10.2 Å². The fraction of sp³-hybridized carbons (Fsp3) is 0.200. The Morgan fingerprint density at radius 2 is 0.714 bits per heavy atom. The van der Waals surface area contributed by atoms with E-state index in [9.17, 15) is 18.6 Å². The predicted octanol–water partition coefficient (Wildman–Crippen LogP) is 4.80. The van der Waals surface area contributed by atoms with Crippen LogP contribution in [0.2, 0.25) is 0 Å². The van der Waals surface area contributed by atoms with Gasteiger partial charge in [-0.25, -0.2) is 8.42 Å². The van der Waals surface area contributed by atoms with Crippen molar-refractivity contribution in [3.63, 3.8) is 0 Å². The second-order valence-electron chi connectivity index (χ2n) is 9.14. The summed E-state index contributed by atoms with van der Waals surface area (Å²) in [5, 5.41) is 22.3. The molecule has 178 valence electrons. The monoisotopic (exact) mass is 484 g/mol. The molecule has 0 radical (unpaired) electrons. The summed E-state index contributed by atoms with van der Waals surface area (Å²) in [4.78, 5) is 0. The summed E-state index contributed by atoms with van der Waals surface area (Å²) in [5.41, 5.74) is -1.45. The average Bonchev–Trinajstić information content (AvgIpc) is 3.25. The number of sulfone groups is 1. The van der Waals surface area contributed by atoms with Gasteiger partial charge in [0.25, 0.3) is 0 Å². The highest BCUT2D eigenvalue weighted by Crippen LogP contribution is 2.50. The number of hydrogen-bond donors (Lipinski definition) is 2. The molecule has 1 fully saturated rings. The van der Waals surface area contributed by atoms with Crippen LogP contribution in [0.3, 0.4) is 0 Å². The smallest absolute Gasteiger partial charge is 0.163 e. The Morgan fingerprint density at radius 3 is 0.943 bits per heavy atom. The molecule has 1 aliphatic rings. The van der Waals surface area contributed by atoms with Crippen molar-refractivity contribution >= 4 is 9.84 Å². The van der Waals surface area contributed by atoms with Gasteiger partial charge in [0.1, 0.15) is 11.2 Å². The van der Waals surface area contributed by atoms with Crippen LogP contribution in [0.5, 0.6) is 0 Å². The van der Waals surface area contributed by atoms with Gasteiger partial charge in [0, 0.05) is 0 Å². The molecule has 0 amide bonds. The van der Waals surface area contributed by atoms with E-state index in [0.717, 1.165) is 0 Å². The SMILES string of the molecule is O=S1(=O)[C@@H](C(O)(c2ccccc2)c2ccccc2)CC[C@H]1C(O)(c1ccccc1)c1ccccc1. The van der Waals surface area contributed by atoms with Crippen molar-refractivity contribution in [2.75, 3.05) is 0 Å². The topological polar surface area (TPSA) is 74.6 Å². The molecule has 0 aliphatic carbocycles. The molecule has 0 unspecified atom stereocenters. The molecule has 4 nitrogen and oxygen atoms in total.